The maximum absolute atomic E-state index is 13.1. The minimum absolute atomic E-state index is 0.0421. The van der Waals surface area contributed by atoms with E-state index < -0.39 is 30.4 Å². The second kappa shape index (κ2) is 7.49. The van der Waals surface area contributed by atoms with Crippen LogP contribution in [0.5, 0.6) is 5.75 Å². The summed E-state index contributed by atoms with van der Waals surface area (Å²) in [7, 11) is 0. The van der Waals surface area contributed by atoms with E-state index in [-0.39, 0.29) is 16.8 Å². The Morgan fingerprint density at radius 1 is 1.30 bits per heavy atom. The van der Waals surface area contributed by atoms with Crippen molar-refractivity contribution in [2.45, 2.75) is 44.5 Å². The molecule has 12 heteroatoms. The molecular weight excluding hydrogens is 431 g/mol. The Labute approximate surface area is 170 Å². The maximum atomic E-state index is 13.1. The fourth-order valence-electron chi connectivity index (χ4n) is 3.00. The Balaban J connectivity index is 1.54. The van der Waals surface area contributed by atoms with Gasteiger partial charge >= 0.3 is 12.8 Å². The van der Waals surface area contributed by atoms with Crippen LogP contribution in [0.3, 0.4) is 0 Å². The normalized spacial score (nSPS) is 15.6. The predicted molar refractivity (Wildman–Crippen MR) is 98.8 cm³/mol. The van der Waals surface area contributed by atoms with Crippen molar-refractivity contribution in [3.05, 3.63) is 35.7 Å². The van der Waals surface area contributed by atoms with Crippen molar-refractivity contribution >= 4 is 32.6 Å². The lowest BCUT2D eigenvalue weighted by atomic mass is 10.2. The number of nitrogens with one attached hydrogen (secondary N) is 1. The summed E-state index contributed by atoms with van der Waals surface area (Å²) in [5.74, 6) is -0.672. The zero-order valence-corrected chi connectivity index (χ0v) is 16.2. The minimum atomic E-state index is -4.60. The van der Waals surface area contributed by atoms with Crippen LogP contribution < -0.4 is 10.1 Å². The summed E-state index contributed by atoms with van der Waals surface area (Å²) in [6, 6.07) is 4.15. The van der Waals surface area contributed by atoms with Crippen LogP contribution in [0.2, 0.25) is 0 Å². The number of thiazole rings is 1. The molecule has 1 aromatic carbocycles. The third-order valence-electron chi connectivity index (χ3n) is 4.61. The zero-order chi connectivity index (χ0) is 21.6. The van der Waals surface area contributed by atoms with E-state index in [4.69, 9.17) is 0 Å². The number of benzene rings is 1. The molecule has 0 bridgehead atoms. The van der Waals surface area contributed by atoms with Crippen LogP contribution in [0.25, 0.3) is 10.2 Å². The summed E-state index contributed by atoms with van der Waals surface area (Å²) in [5, 5.41) is 6.36. The highest BCUT2D eigenvalue weighted by Crippen LogP contribution is 2.43. The molecule has 0 spiro atoms. The molecule has 1 amide bonds. The largest absolute Gasteiger partial charge is 0.435 e. The molecule has 0 saturated heterocycles. The number of aromatic nitrogens is 3. The van der Waals surface area contributed by atoms with Crippen molar-refractivity contribution in [3.63, 3.8) is 0 Å². The molecule has 4 rings (SSSR count). The number of carbonyl (C=O) groups is 1. The summed E-state index contributed by atoms with van der Waals surface area (Å²) >= 11 is 1.03. The summed E-state index contributed by atoms with van der Waals surface area (Å²) < 4.78 is 69.8. The van der Waals surface area contributed by atoms with Crippen LogP contribution in [-0.2, 0) is 11.0 Å². The van der Waals surface area contributed by atoms with Gasteiger partial charge in [-0.05, 0) is 44.0 Å². The number of rotatable bonds is 6. The van der Waals surface area contributed by atoms with Crippen molar-refractivity contribution < 1.29 is 31.5 Å². The first-order valence-electron chi connectivity index (χ1n) is 8.94. The van der Waals surface area contributed by atoms with Crippen LogP contribution >= 0.6 is 11.3 Å². The fraction of sp³-hybridized carbons (Fsp3) is 0.389. The molecule has 1 saturated carbocycles. The van der Waals surface area contributed by atoms with E-state index in [2.05, 4.69) is 20.1 Å². The Hall–Kier alpha value is -2.76. The van der Waals surface area contributed by atoms with Gasteiger partial charge in [-0.25, -0.2) is 4.98 Å². The van der Waals surface area contributed by atoms with E-state index in [0.29, 0.717) is 15.9 Å². The number of hydrogen-bond acceptors (Lipinski definition) is 5. The molecule has 1 fully saturated rings. The monoisotopic (exact) mass is 446 g/mol. The third-order valence-corrected chi connectivity index (χ3v) is 5.55. The van der Waals surface area contributed by atoms with Gasteiger partial charge in [-0.2, -0.15) is 27.1 Å². The first-order valence-corrected chi connectivity index (χ1v) is 9.76. The van der Waals surface area contributed by atoms with Crippen LogP contribution in [-0.4, -0.2) is 27.3 Å². The molecule has 160 valence electrons. The van der Waals surface area contributed by atoms with E-state index in [1.807, 2.05) is 0 Å². The Morgan fingerprint density at radius 2 is 2.03 bits per heavy atom. The lowest BCUT2D eigenvalue weighted by Crippen LogP contribution is -2.26. The van der Waals surface area contributed by atoms with Crippen molar-refractivity contribution in [2.75, 3.05) is 5.32 Å². The van der Waals surface area contributed by atoms with Gasteiger partial charge in [-0.15, -0.1) is 0 Å². The highest BCUT2D eigenvalue weighted by Gasteiger charge is 2.39. The predicted octanol–water partition coefficient (Wildman–Crippen LogP) is 5.19. The standard InChI is InChI=1S/C18H15F5N4O2S/c1-8(27-12(9-2-3-9)7-14(26-27)18(21,22)23)15(28)25-17-24-11-5-4-10(29-16(19)20)6-13(11)30-17/h4-9,16H,2-3H2,1H3,(H,24,25,28). The van der Waals surface area contributed by atoms with Gasteiger partial charge in [-0.1, -0.05) is 11.3 Å². The van der Waals surface area contributed by atoms with Crippen molar-refractivity contribution in [2.24, 2.45) is 0 Å². The highest BCUT2D eigenvalue weighted by molar-refractivity contribution is 7.22. The lowest BCUT2D eigenvalue weighted by molar-refractivity contribution is -0.141. The lowest BCUT2D eigenvalue weighted by Gasteiger charge is -2.14. The molecule has 30 heavy (non-hydrogen) atoms. The summed E-state index contributed by atoms with van der Waals surface area (Å²) in [6.45, 7) is -1.51. The molecule has 0 radical (unpaired) electrons. The number of carbonyl (C=O) groups excluding carboxylic acids is 1. The molecule has 3 aromatic rings. The molecule has 1 aliphatic carbocycles. The van der Waals surface area contributed by atoms with E-state index in [0.717, 1.165) is 34.9 Å². The highest BCUT2D eigenvalue weighted by atomic mass is 32.1. The molecular formula is C18H15F5N4O2S. The quantitative estimate of drug-likeness (QED) is 0.529. The second-order valence-corrected chi connectivity index (χ2v) is 7.89. The number of halogens is 5. The van der Waals surface area contributed by atoms with Gasteiger partial charge < -0.3 is 10.1 Å². The number of anilines is 1. The Kier molecular flexibility index (Phi) is 5.12. The SMILES string of the molecule is CC(C(=O)Nc1nc2ccc(OC(F)F)cc2s1)n1nc(C(F)(F)F)cc1C1CC1. The number of nitrogens with zero attached hydrogens (tertiary/aromatic N) is 3. The molecule has 2 heterocycles. The number of alkyl halides is 5. The van der Waals surface area contributed by atoms with E-state index in [1.165, 1.54) is 25.1 Å². The third kappa shape index (κ3) is 4.23. The summed E-state index contributed by atoms with van der Waals surface area (Å²) in [6.07, 6.45) is -3.10. The van der Waals surface area contributed by atoms with Crippen molar-refractivity contribution in [1.29, 1.82) is 0 Å². The van der Waals surface area contributed by atoms with Gasteiger partial charge in [0.25, 0.3) is 5.91 Å². The zero-order valence-electron chi connectivity index (χ0n) is 15.4. The molecule has 1 N–H and O–H groups in total. The molecule has 0 aliphatic heterocycles. The molecule has 2 aromatic heterocycles. The van der Waals surface area contributed by atoms with Gasteiger partial charge in [0.05, 0.1) is 10.2 Å². The number of hydrogen-bond donors (Lipinski definition) is 1. The first kappa shape index (κ1) is 20.5. The van der Waals surface area contributed by atoms with Gasteiger partial charge in [-0.3, -0.25) is 9.48 Å². The van der Waals surface area contributed by atoms with Crippen LogP contribution in [0.15, 0.2) is 24.3 Å². The van der Waals surface area contributed by atoms with Crippen molar-refractivity contribution in [3.8, 4) is 5.75 Å². The van der Waals surface area contributed by atoms with E-state index >= 15 is 0 Å². The van der Waals surface area contributed by atoms with E-state index in [9.17, 15) is 26.7 Å². The number of fused-ring (bicyclic) bond motifs is 1. The molecule has 1 atom stereocenters. The fourth-order valence-corrected chi connectivity index (χ4v) is 3.89. The summed E-state index contributed by atoms with van der Waals surface area (Å²) in [5.41, 5.74) is -0.194. The van der Waals surface area contributed by atoms with Crippen LogP contribution in [0.4, 0.5) is 27.1 Å². The maximum Gasteiger partial charge on any atom is 0.435 e. The second-order valence-electron chi connectivity index (χ2n) is 6.86. The van der Waals surface area contributed by atoms with Gasteiger partial charge in [0.1, 0.15) is 11.8 Å². The van der Waals surface area contributed by atoms with Crippen LogP contribution in [0.1, 0.15) is 43.1 Å². The smallest absolute Gasteiger partial charge is 0.435 e. The van der Waals surface area contributed by atoms with Gasteiger partial charge in [0.15, 0.2) is 10.8 Å². The molecule has 1 aliphatic rings. The minimum Gasteiger partial charge on any atom is -0.435 e. The Morgan fingerprint density at radius 3 is 2.67 bits per heavy atom. The van der Waals surface area contributed by atoms with E-state index in [1.54, 1.807) is 0 Å². The number of amides is 1. The van der Waals surface area contributed by atoms with Crippen LogP contribution in [0, 0.1) is 0 Å². The number of ether oxygens (including phenoxy) is 1. The molecule has 6 nitrogen and oxygen atoms in total. The van der Waals surface area contributed by atoms with Gasteiger partial charge in [0.2, 0.25) is 0 Å². The Bertz CT molecular complexity index is 1090. The summed E-state index contributed by atoms with van der Waals surface area (Å²) in [4.78, 5) is 16.8. The topological polar surface area (TPSA) is 69.0 Å². The van der Waals surface area contributed by atoms with Crippen molar-refractivity contribution in [1.82, 2.24) is 14.8 Å². The first-order chi connectivity index (χ1) is 14.1. The van der Waals surface area contributed by atoms with Gasteiger partial charge in [0, 0.05) is 11.6 Å². The average molecular weight is 446 g/mol. The average Bonchev–Trinajstić information content (AvgIpc) is 3.25. The molecule has 1 unspecified atom stereocenters.